The molecule has 0 atom stereocenters. The Kier molecular flexibility index (Phi) is 5.62. The largest absolute Gasteiger partial charge is 0.370 e. The van der Waals surface area contributed by atoms with Crippen molar-refractivity contribution in [2.45, 2.75) is 57.9 Å². The molecule has 150 valence electrons. The lowest BCUT2D eigenvalue weighted by atomic mass is 10.1. The first-order chi connectivity index (χ1) is 13.6. The number of nitrogens with zero attached hydrogens (tertiary/aromatic N) is 3. The molecule has 7 heteroatoms. The summed E-state index contributed by atoms with van der Waals surface area (Å²) in [5.74, 6) is -0.264. The molecule has 1 aromatic heterocycles. The molecule has 1 fully saturated rings. The fraction of sp³-hybridized carbons (Fsp3) is 0.524. The summed E-state index contributed by atoms with van der Waals surface area (Å²) in [4.78, 5) is 14.5. The fourth-order valence-corrected chi connectivity index (χ4v) is 4.17. The molecule has 1 aliphatic heterocycles. The van der Waals surface area contributed by atoms with E-state index in [1.165, 1.54) is 18.9 Å². The Labute approximate surface area is 164 Å². The standard InChI is InChI=1S/C21H27FN4O2/c1-25-20-10-11-26(21(27)23-16-7-3-4-8-16)12-17(20)19(24-25)14-28-13-15-6-2-5-9-18(15)22/h2,5-6,9,16H,3-4,7-8,10-14H2,1H3,(H,23,27). The smallest absolute Gasteiger partial charge is 0.317 e. The summed E-state index contributed by atoms with van der Waals surface area (Å²) in [5, 5.41) is 7.75. The number of hydrogen-bond acceptors (Lipinski definition) is 3. The van der Waals surface area contributed by atoms with E-state index in [4.69, 9.17) is 4.74 Å². The lowest BCUT2D eigenvalue weighted by molar-refractivity contribution is 0.101. The number of hydrogen-bond donors (Lipinski definition) is 1. The van der Waals surface area contributed by atoms with Crippen LogP contribution in [-0.4, -0.2) is 33.3 Å². The third-order valence-electron chi connectivity index (χ3n) is 5.75. The van der Waals surface area contributed by atoms with E-state index in [1.54, 1.807) is 18.2 Å². The number of aryl methyl sites for hydroxylation is 1. The predicted molar refractivity (Wildman–Crippen MR) is 103 cm³/mol. The Morgan fingerprint density at radius 1 is 1.29 bits per heavy atom. The van der Waals surface area contributed by atoms with Crippen LogP contribution in [0.3, 0.4) is 0 Å². The molecule has 1 saturated carbocycles. The number of nitrogens with one attached hydrogen (secondary N) is 1. The first-order valence-corrected chi connectivity index (χ1v) is 10.0. The molecule has 28 heavy (non-hydrogen) atoms. The fourth-order valence-electron chi connectivity index (χ4n) is 4.17. The van der Waals surface area contributed by atoms with Gasteiger partial charge in [-0.3, -0.25) is 4.68 Å². The van der Waals surface area contributed by atoms with Crippen molar-refractivity contribution in [3.8, 4) is 0 Å². The van der Waals surface area contributed by atoms with Crippen LogP contribution in [0, 0.1) is 5.82 Å². The number of benzene rings is 1. The SMILES string of the molecule is Cn1nc(COCc2ccccc2F)c2c1CCN(C(=O)NC1CCCC1)C2. The number of carbonyl (C=O) groups excluding carboxylic acids is 1. The number of fused-ring (bicyclic) bond motifs is 1. The highest BCUT2D eigenvalue weighted by atomic mass is 19.1. The molecule has 0 bridgehead atoms. The number of ether oxygens (including phenoxy) is 1. The van der Waals surface area contributed by atoms with Gasteiger partial charge in [0.15, 0.2) is 0 Å². The van der Waals surface area contributed by atoms with Crippen LogP contribution in [0.1, 0.15) is 48.2 Å². The molecule has 2 aromatic rings. The molecular formula is C21H27FN4O2. The van der Waals surface area contributed by atoms with E-state index in [2.05, 4.69) is 10.4 Å². The van der Waals surface area contributed by atoms with Gasteiger partial charge in [0, 0.05) is 42.9 Å². The minimum absolute atomic E-state index is 0.0135. The second-order valence-electron chi connectivity index (χ2n) is 7.68. The second kappa shape index (κ2) is 8.31. The van der Waals surface area contributed by atoms with Crippen molar-refractivity contribution in [2.24, 2.45) is 7.05 Å². The average Bonchev–Trinajstić information content (AvgIpc) is 3.31. The summed E-state index contributed by atoms with van der Waals surface area (Å²) in [7, 11) is 1.92. The van der Waals surface area contributed by atoms with Crippen LogP contribution >= 0.6 is 0 Å². The van der Waals surface area contributed by atoms with Crippen molar-refractivity contribution in [2.75, 3.05) is 6.54 Å². The minimum Gasteiger partial charge on any atom is -0.370 e. The van der Waals surface area contributed by atoms with Crippen LogP contribution in [0.15, 0.2) is 24.3 Å². The van der Waals surface area contributed by atoms with E-state index in [0.717, 1.165) is 36.2 Å². The Morgan fingerprint density at radius 2 is 2.07 bits per heavy atom. The molecule has 2 amide bonds. The zero-order valence-electron chi connectivity index (χ0n) is 16.3. The van der Waals surface area contributed by atoms with Gasteiger partial charge in [-0.1, -0.05) is 31.0 Å². The number of amides is 2. The Balaban J connectivity index is 1.39. The monoisotopic (exact) mass is 386 g/mol. The second-order valence-corrected chi connectivity index (χ2v) is 7.68. The van der Waals surface area contributed by atoms with E-state index in [1.807, 2.05) is 16.6 Å². The molecule has 1 aliphatic carbocycles. The van der Waals surface area contributed by atoms with Crippen molar-refractivity contribution in [3.05, 3.63) is 52.6 Å². The van der Waals surface area contributed by atoms with E-state index < -0.39 is 0 Å². The van der Waals surface area contributed by atoms with Crippen LogP contribution in [0.2, 0.25) is 0 Å². The minimum atomic E-state index is -0.264. The first-order valence-electron chi connectivity index (χ1n) is 10.0. The summed E-state index contributed by atoms with van der Waals surface area (Å²) < 4.78 is 21.4. The van der Waals surface area contributed by atoms with Gasteiger partial charge in [-0.25, -0.2) is 9.18 Å². The Morgan fingerprint density at radius 3 is 2.86 bits per heavy atom. The van der Waals surface area contributed by atoms with Crippen LogP contribution < -0.4 is 5.32 Å². The maximum absolute atomic E-state index is 13.7. The molecule has 0 spiro atoms. The quantitative estimate of drug-likeness (QED) is 0.858. The lowest BCUT2D eigenvalue weighted by Crippen LogP contribution is -2.46. The van der Waals surface area contributed by atoms with Crippen LogP contribution in [-0.2, 0) is 38.0 Å². The first kappa shape index (κ1) is 18.9. The third-order valence-corrected chi connectivity index (χ3v) is 5.75. The number of halogens is 1. The van der Waals surface area contributed by atoms with E-state index >= 15 is 0 Å². The highest BCUT2D eigenvalue weighted by molar-refractivity contribution is 5.75. The van der Waals surface area contributed by atoms with Crippen molar-refractivity contribution >= 4 is 6.03 Å². The van der Waals surface area contributed by atoms with Gasteiger partial charge in [-0.05, 0) is 18.9 Å². The van der Waals surface area contributed by atoms with Crippen LogP contribution in [0.4, 0.5) is 9.18 Å². The van der Waals surface area contributed by atoms with Gasteiger partial charge in [-0.15, -0.1) is 0 Å². The summed E-state index contributed by atoms with van der Waals surface area (Å²) in [6, 6.07) is 6.94. The van der Waals surface area contributed by atoms with Gasteiger partial charge >= 0.3 is 6.03 Å². The zero-order valence-corrected chi connectivity index (χ0v) is 16.3. The molecule has 0 saturated heterocycles. The van der Waals surface area contributed by atoms with E-state index in [0.29, 0.717) is 31.3 Å². The summed E-state index contributed by atoms with van der Waals surface area (Å²) in [5.41, 5.74) is 3.57. The zero-order chi connectivity index (χ0) is 19.5. The van der Waals surface area contributed by atoms with Gasteiger partial charge in [0.2, 0.25) is 0 Å². The van der Waals surface area contributed by atoms with Crippen molar-refractivity contribution in [1.29, 1.82) is 0 Å². The Hall–Kier alpha value is -2.41. The number of carbonyl (C=O) groups is 1. The number of aromatic nitrogens is 2. The number of rotatable bonds is 5. The molecule has 0 unspecified atom stereocenters. The molecular weight excluding hydrogens is 359 g/mol. The topological polar surface area (TPSA) is 59.4 Å². The van der Waals surface area contributed by atoms with Gasteiger partial charge in [0.25, 0.3) is 0 Å². The van der Waals surface area contributed by atoms with Crippen molar-refractivity contribution in [3.63, 3.8) is 0 Å². The normalized spacial score (nSPS) is 17.0. The molecule has 6 nitrogen and oxygen atoms in total. The highest BCUT2D eigenvalue weighted by Gasteiger charge is 2.28. The molecule has 0 radical (unpaired) electrons. The van der Waals surface area contributed by atoms with Crippen LogP contribution in [0.25, 0.3) is 0 Å². The van der Waals surface area contributed by atoms with Gasteiger partial charge < -0.3 is 15.0 Å². The molecule has 2 aliphatic rings. The maximum atomic E-state index is 13.7. The van der Waals surface area contributed by atoms with Gasteiger partial charge in [-0.2, -0.15) is 5.10 Å². The maximum Gasteiger partial charge on any atom is 0.317 e. The predicted octanol–water partition coefficient (Wildman–Crippen LogP) is 3.29. The molecule has 1 N–H and O–H groups in total. The Bertz CT molecular complexity index is 845. The van der Waals surface area contributed by atoms with Crippen molar-refractivity contribution < 1.29 is 13.9 Å². The van der Waals surface area contributed by atoms with Gasteiger partial charge in [0.1, 0.15) is 5.82 Å². The summed E-state index contributed by atoms with van der Waals surface area (Å²) in [6.45, 7) is 1.74. The van der Waals surface area contributed by atoms with Crippen molar-refractivity contribution in [1.82, 2.24) is 20.0 Å². The molecule has 2 heterocycles. The van der Waals surface area contributed by atoms with Crippen LogP contribution in [0.5, 0.6) is 0 Å². The number of urea groups is 1. The van der Waals surface area contributed by atoms with E-state index in [9.17, 15) is 9.18 Å². The molecule has 1 aromatic carbocycles. The molecule has 4 rings (SSSR count). The van der Waals surface area contributed by atoms with E-state index in [-0.39, 0.29) is 18.5 Å². The third kappa shape index (κ3) is 4.04. The van der Waals surface area contributed by atoms with Gasteiger partial charge in [0.05, 0.1) is 25.5 Å². The highest BCUT2D eigenvalue weighted by Crippen LogP contribution is 2.24. The lowest BCUT2D eigenvalue weighted by Gasteiger charge is -2.29. The average molecular weight is 386 g/mol. The summed E-state index contributed by atoms with van der Waals surface area (Å²) in [6.07, 6.45) is 5.33. The summed E-state index contributed by atoms with van der Waals surface area (Å²) >= 11 is 0.